The molecule has 0 spiro atoms. The molecule has 5 nitrogen and oxygen atoms in total. The van der Waals surface area contributed by atoms with Gasteiger partial charge in [0.1, 0.15) is 5.60 Å². The zero-order valence-corrected chi connectivity index (χ0v) is 16.5. The van der Waals surface area contributed by atoms with E-state index in [9.17, 15) is 9.59 Å². The molecule has 1 fully saturated rings. The first-order chi connectivity index (χ1) is 12.3. The van der Waals surface area contributed by atoms with Crippen molar-refractivity contribution in [2.75, 3.05) is 19.6 Å². The number of nitrogens with one attached hydrogen (secondary N) is 1. The van der Waals surface area contributed by atoms with Crippen molar-refractivity contribution in [3.63, 3.8) is 0 Å². The molecule has 0 saturated carbocycles. The van der Waals surface area contributed by atoms with Crippen molar-refractivity contribution in [3.05, 3.63) is 35.9 Å². The number of ether oxygens (including phenoxy) is 1. The Morgan fingerprint density at radius 1 is 1.19 bits per heavy atom. The fourth-order valence-electron chi connectivity index (χ4n) is 3.24. The van der Waals surface area contributed by atoms with Crippen LogP contribution in [0.4, 0.5) is 4.79 Å². The standard InChI is InChI=1S/C21H32N2O3/c1-5-16(17-9-7-6-8-10-17)15-22-19(24)18-11-13-23(14-12-18)20(25)26-21(2,3)4/h6-10,16,18H,5,11-15H2,1-4H3,(H,22,24)/t16-/m1/s1. The Bertz CT molecular complexity index is 587. The van der Waals surface area contributed by atoms with Crippen molar-refractivity contribution in [3.8, 4) is 0 Å². The Hall–Kier alpha value is -2.04. The third kappa shape index (κ3) is 6.04. The Labute approximate surface area is 157 Å². The lowest BCUT2D eigenvalue weighted by Gasteiger charge is -2.33. The summed E-state index contributed by atoms with van der Waals surface area (Å²) in [5.74, 6) is 0.409. The van der Waals surface area contributed by atoms with Crippen molar-refractivity contribution in [2.45, 2.75) is 58.5 Å². The molecule has 144 valence electrons. The molecule has 2 rings (SSSR count). The first-order valence-corrected chi connectivity index (χ1v) is 9.60. The maximum absolute atomic E-state index is 12.5. The quantitative estimate of drug-likeness (QED) is 0.865. The predicted octanol–water partition coefficient (Wildman–Crippen LogP) is 3.94. The molecule has 1 N–H and O–H groups in total. The highest BCUT2D eigenvalue weighted by Crippen LogP contribution is 2.21. The molecule has 0 radical (unpaired) electrons. The number of hydrogen-bond acceptors (Lipinski definition) is 3. The van der Waals surface area contributed by atoms with E-state index in [1.807, 2.05) is 39.0 Å². The number of likely N-dealkylation sites (tertiary alicyclic amines) is 1. The number of nitrogens with zero attached hydrogens (tertiary/aromatic N) is 1. The largest absolute Gasteiger partial charge is 0.444 e. The predicted molar refractivity (Wildman–Crippen MR) is 103 cm³/mol. The molecular weight excluding hydrogens is 328 g/mol. The van der Waals surface area contributed by atoms with Crippen LogP contribution in [-0.2, 0) is 9.53 Å². The van der Waals surface area contributed by atoms with Crippen LogP contribution in [0.3, 0.4) is 0 Å². The lowest BCUT2D eigenvalue weighted by molar-refractivity contribution is -0.126. The van der Waals surface area contributed by atoms with Gasteiger partial charge in [-0.05, 0) is 45.6 Å². The zero-order chi connectivity index (χ0) is 19.2. The SMILES string of the molecule is CC[C@H](CNC(=O)C1CCN(C(=O)OC(C)(C)C)CC1)c1ccccc1. The van der Waals surface area contributed by atoms with Crippen LogP contribution in [0.25, 0.3) is 0 Å². The highest BCUT2D eigenvalue weighted by molar-refractivity contribution is 5.79. The number of amides is 2. The molecule has 5 heteroatoms. The Morgan fingerprint density at radius 3 is 2.35 bits per heavy atom. The Balaban J connectivity index is 1.78. The third-order valence-corrected chi connectivity index (χ3v) is 4.80. The summed E-state index contributed by atoms with van der Waals surface area (Å²) >= 11 is 0. The van der Waals surface area contributed by atoms with E-state index in [-0.39, 0.29) is 17.9 Å². The highest BCUT2D eigenvalue weighted by atomic mass is 16.6. The number of piperidine rings is 1. The summed E-state index contributed by atoms with van der Waals surface area (Å²) in [5.41, 5.74) is 0.771. The molecule has 2 amide bonds. The molecule has 1 aliphatic heterocycles. The first-order valence-electron chi connectivity index (χ1n) is 9.60. The second-order valence-corrected chi connectivity index (χ2v) is 8.00. The smallest absolute Gasteiger partial charge is 0.410 e. The number of carbonyl (C=O) groups excluding carboxylic acids is 2. The zero-order valence-electron chi connectivity index (χ0n) is 16.5. The highest BCUT2D eigenvalue weighted by Gasteiger charge is 2.30. The normalized spacial score (nSPS) is 16.8. The average molecular weight is 360 g/mol. The summed E-state index contributed by atoms with van der Waals surface area (Å²) in [6.07, 6.45) is 2.08. The van der Waals surface area contributed by atoms with E-state index in [1.54, 1.807) is 4.90 Å². The minimum Gasteiger partial charge on any atom is -0.444 e. The van der Waals surface area contributed by atoms with Gasteiger partial charge < -0.3 is 15.0 Å². The van der Waals surface area contributed by atoms with E-state index in [4.69, 9.17) is 4.74 Å². The number of hydrogen-bond donors (Lipinski definition) is 1. The molecule has 1 atom stereocenters. The van der Waals surface area contributed by atoms with Crippen LogP contribution in [-0.4, -0.2) is 42.1 Å². The molecule has 1 saturated heterocycles. The Morgan fingerprint density at radius 2 is 1.81 bits per heavy atom. The molecular formula is C21H32N2O3. The van der Waals surface area contributed by atoms with Gasteiger partial charge in [-0.2, -0.15) is 0 Å². The van der Waals surface area contributed by atoms with Crippen LogP contribution in [0.1, 0.15) is 58.4 Å². The third-order valence-electron chi connectivity index (χ3n) is 4.80. The summed E-state index contributed by atoms with van der Waals surface area (Å²) in [7, 11) is 0. The molecule has 0 unspecified atom stereocenters. The lowest BCUT2D eigenvalue weighted by atomic mass is 9.94. The van der Waals surface area contributed by atoms with Gasteiger partial charge >= 0.3 is 6.09 Å². The van der Waals surface area contributed by atoms with Crippen molar-refractivity contribution >= 4 is 12.0 Å². The minimum absolute atomic E-state index is 0.0260. The van der Waals surface area contributed by atoms with Gasteiger partial charge in [-0.1, -0.05) is 37.3 Å². The van der Waals surface area contributed by atoms with Gasteiger partial charge in [-0.15, -0.1) is 0 Å². The van der Waals surface area contributed by atoms with Crippen molar-refractivity contribution in [1.29, 1.82) is 0 Å². The maximum Gasteiger partial charge on any atom is 0.410 e. The van der Waals surface area contributed by atoms with Crippen LogP contribution in [0.15, 0.2) is 30.3 Å². The molecule has 0 aliphatic carbocycles. The van der Waals surface area contributed by atoms with Crippen LogP contribution in [0.2, 0.25) is 0 Å². The topological polar surface area (TPSA) is 58.6 Å². The number of carbonyl (C=O) groups is 2. The fraction of sp³-hybridized carbons (Fsp3) is 0.619. The maximum atomic E-state index is 12.5. The van der Waals surface area contributed by atoms with Gasteiger partial charge in [0.2, 0.25) is 5.91 Å². The lowest BCUT2D eigenvalue weighted by Crippen LogP contribution is -2.45. The summed E-state index contributed by atoms with van der Waals surface area (Å²) in [6, 6.07) is 10.3. The second kappa shape index (κ2) is 9.06. The van der Waals surface area contributed by atoms with E-state index >= 15 is 0 Å². The molecule has 1 aromatic rings. The van der Waals surface area contributed by atoms with Gasteiger partial charge in [0.15, 0.2) is 0 Å². The average Bonchev–Trinajstić information content (AvgIpc) is 2.61. The van der Waals surface area contributed by atoms with E-state index in [2.05, 4.69) is 24.4 Å². The monoisotopic (exact) mass is 360 g/mol. The molecule has 1 heterocycles. The van der Waals surface area contributed by atoms with Gasteiger partial charge in [0.05, 0.1) is 0 Å². The van der Waals surface area contributed by atoms with Crippen molar-refractivity contribution in [1.82, 2.24) is 10.2 Å². The van der Waals surface area contributed by atoms with Crippen LogP contribution in [0.5, 0.6) is 0 Å². The minimum atomic E-state index is -0.488. The van der Waals surface area contributed by atoms with E-state index in [0.717, 1.165) is 6.42 Å². The van der Waals surface area contributed by atoms with E-state index in [1.165, 1.54) is 5.56 Å². The summed E-state index contributed by atoms with van der Waals surface area (Å²) in [4.78, 5) is 26.3. The molecule has 0 bridgehead atoms. The van der Waals surface area contributed by atoms with E-state index in [0.29, 0.717) is 38.4 Å². The van der Waals surface area contributed by atoms with Crippen LogP contribution in [0, 0.1) is 5.92 Å². The summed E-state index contributed by atoms with van der Waals surface area (Å²) in [6.45, 7) is 9.53. The van der Waals surface area contributed by atoms with Crippen molar-refractivity contribution < 1.29 is 14.3 Å². The van der Waals surface area contributed by atoms with Gasteiger partial charge in [0, 0.05) is 31.5 Å². The summed E-state index contributed by atoms with van der Waals surface area (Å²) < 4.78 is 5.40. The second-order valence-electron chi connectivity index (χ2n) is 8.00. The van der Waals surface area contributed by atoms with Crippen LogP contribution >= 0.6 is 0 Å². The fourth-order valence-corrected chi connectivity index (χ4v) is 3.24. The van der Waals surface area contributed by atoms with Crippen molar-refractivity contribution in [2.24, 2.45) is 5.92 Å². The molecule has 1 aromatic carbocycles. The van der Waals surface area contributed by atoms with E-state index < -0.39 is 5.60 Å². The van der Waals surface area contributed by atoms with Gasteiger partial charge in [-0.25, -0.2) is 4.79 Å². The molecule has 0 aromatic heterocycles. The molecule has 26 heavy (non-hydrogen) atoms. The molecule has 1 aliphatic rings. The van der Waals surface area contributed by atoms with Gasteiger partial charge in [0.25, 0.3) is 0 Å². The number of benzene rings is 1. The Kier molecular flexibility index (Phi) is 7.06. The van der Waals surface area contributed by atoms with Crippen LogP contribution < -0.4 is 5.32 Å². The van der Waals surface area contributed by atoms with Gasteiger partial charge in [-0.3, -0.25) is 4.79 Å². The first kappa shape index (κ1) is 20.3. The summed E-state index contributed by atoms with van der Waals surface area (Å²) in [5, 5.41) is 3.11. The number of rotatable bonds is 5.